The minimum atomic E-state index is -3.23. The SMILES string of the molecule is Cc1ccc2c3c([nH]c2c1)CCN(S(=O)(=O)CCCc1ccccc1)C3. The van der Waals surface area contributed by atoms with Crippen LogP contribution in [0.3, 0.4) is 0 Å². The van der Waals surface area contributed by atoms with E-state index in [0.29, 0.717) is 19.5 Å². The molecule has 2 aromatic carbocycles. The van der Waals surface area contributed by atoms with Crippen LogP contribution >= 0.6 is 0 Å². The molecule has 5 heteroatoms. The third kappa shape index (κ3) is 3.41. The van der Waals surface area contributed by atoms with E-state index in [0.717, 1.165) is 29.3 Å². The maximum Gasteiger partial charge on any atom is 0.214 e. The molecular weight excluding hydrogens is 344 g/mol. The van der Waals surface area contributed by atoms with Crippen molar-refractivity contribution in [1.29, 1.82) is 0 Å². The molecule has 136 valence electrons. The van der Waals surface area contributed by atoms with E-state index in [1.807, 2.05) is 30.3 Å². The molecule has 0 amide bonds. The van der Waals surface area contributed by atoms with Crippen molar-refractivity contribution < 1.29 is 8.42 Å². The lowest BCUT2D eigenvalue weighted by molar-refractivity contribution is 0.390. The summed E-state index contributed by atoms with van der Waals surface area (Å²) in [6.45, 7) is 3.11. The molecule has 1 N–H and O–H groups in total. The Morgan fingerprint density at radius 2 is 1.92 bits per heavy atom. The number of aromatic nitrogens is 1. The van der Waals surface area contributed by atoms with Gasteiger partial charge in [-0.2, -0.15) is 4.31 Å². The predicted molar refractivity (Wildman–Crippen MR) is 106 cm³/mol. The molecule has 0 unspecified atom stereocenters. The summed E-state index contributed by atoms with van der Waals surface area (Å²) in [7, 11) is -3.23. The zero-order valence-corrected chi connectivity index (χ0v) is 15.8. The van der Waals surface area contributed by atoms with Gasteiger partial charge in [-0.3, -0.25) is 0 Å². The van der Waals surface area contributed by atoms with Crippen LogP contribution in [-0.2, 0) is 29.4 Å². The fraction of sp³-hybridized carbons (Fsp3) is 0.333. The minimum Gasteiger partial charge on any atom is -0.358 e. The predicted octanol–water partition coefficient (Wildman–Crippen LogP) is 3.80. The quantitative estimate of drug-likeness (QED) is 0.745. The van der Waals surface area contributed by atoms with Crippen molar-refractivity contribution in [3.8, 4) is 0 Å². The highest BCUT2D eigenvalue weighted by Crippen LogP contribution is 2.29. The summed E-state index contributed by atoms with van der Waals surface area (Å²) < 4.78 is 27.3. The summed E-state index contributed by atoms with van der Waals surface area (Å²) in [5.41, 5.74) is 5.83. The number of nitrogens with zero attached hydrogens (tertiary/aromatic N) is 1. The normalized spacial score (nSPS) is 15.3. The lowest BCUT2D eigenvalue weighted by Crippen LogP contribution is -2.37. The number of hydrogen-bond donors (Lipinski definition) is 1. The summed E-state index contributed by atoms with van der Waals surface area (Å²) in [6.07, 6.45) is 2.20. The first-order valence-electron chi connectivity index (χ1n) is 9.15. The highest BCUT2D eigenvalue weighted by atomic mass is 32.2. The van der Waals surface area contributed by atoms with Gasteiger partial charge in [0.05, 0.1) is 5.75 Å². The molecule has 0 aliphatic carbocycles. The molecule has 1 aliphatic heterocycles. The van der Waals surface area contributed by atoms with Gasteiger partial charge in [-0.25, -0.2) is 8.42 Å². The molecule has 0 saturated heterocycles. The highest BCUT2D eigenvalue weighted by molar-refractivity contribution is 7.89. The number of nitrogens with one attached hydrogen (secondary N) is 1. The number of hydrogen-bond acceptors (Lipinski definition) is 2. The Morgan fingerprint density at radius 1 is 1.12 bits per heavy atom. The second kappa shape index (κ2) is 6.89. The number of aryl methyl sites for hydroxylation is 2. The number of sulfonamides is 1. The number of fused-ring (bicyclic) bond motifs is 3. The van der Waals surface area contributed by atoms with Gasteiger partial charge in [-0.05, 0) is 42.5 Å². The molecule has 0 atom stereocenters. The number of rotatable bonds is 5. The van der Waals surface area contributed by atoms with Gasteiger partial charge < -0.3 is 4.98 Å². The highest BCUT2D eigenvalue weighted by Gasteiger charge is 2.28. The Bertz CT molecular complexity index is 1020. The van der Waals surface area contributed by atoms with Crippen molar-refractivity contribution in [1.82, 2.24) is 9.29 Å². The topological polar surface area (TPSA) is 53.2 Å². The van der Waals surface area contributed by atoms with Crippen molar-refractivity contribution in [3.05, 3.63) is 70.9 Å². The lowest BCUT2D eigenvalue weighted by atomic mass is 10.1. The molecule has 26 heavy (non-hydrogen) atoms. The van der Waals surface area contributed by atoms with E-state index in [4.69, 9.17) is 0 Å². The molecule has 0 radical (unpaired) electrons. The van der Waals surface area contributed by atoms with Crippen molar-refractivity contribution in [2.75, 3.05) is 12.3 Å². The molecule has 0 saturated carbocycles. The van der Waals surface area contributed by atoms with Gasteiger partial charge in [0.15, 0.2) is 0 Å². The van der Waals surface area contributed by atoms with Crippen molar-refractivity contribution in [2.24, 2.45) is 0 Å². The first-order valence-corrected chi connectivity index (χ1v) is 10.8. The van der Waals surface area contributed by atoms with E-state index in [2.05, 4.69) is 30.1 Å². The van der Waals surface area contributed by atoms with Crippen LogP contribution in [-0.4, -0.2) is 30.0 Å². The fourth-order valence-corrected chi connectivity index (χ4v) is 5.24. The molecule has 4 nitrogen and oxygen atoms in total. The number of H-pyrrole nitrogens is 1. The van der Waals surface area contributed by atoms with Crippen LogP contribution < -0.4 is 0 Å². The maximum atomic E-state index is 12.8. The van der Waals surface area contributed by atoms with E-state index >= 15 is 0 Å². The van der Waals surface area contributed by atoms with Crippen LogP contribution in [0.1, 0.15) is 28.8 Å². The molecular formula is C21H24N2O2S. The van der Waals surface area contributed by atoms with Crippen molar-refractivity contribution >= 4 is 20.9 Å². The van der Waals surface area contributed by atoms with E-state index in [-0.39, 0.29) is 5.75 Å². The summed E-state index contributed by atoms with van der Waals surface area (Å²) in [5.74, 6) is 0.207. The lowest BCUT2D eigenvalue weighted by Gasteiger charge is -2.26. The van der Waals surface area contributed by atoms with E-state index < -0.39 is 10.0 Å². The molecule has 1 aliphatic rings. The van der Waals surface area contributed by atoms with E-state index in [1.165, 1.54) is 16.8 Å². The van der Waals surface area contributed by atoms with Crippen molar-refractivity contribution in [2.45, 2.75) is 32.7 Å². The van der Waals surface area contributed by atoms with Gasteiger partial charge >= 0.3 is 0 Å². The zero-order valence-electron chi connectivity index (χ0n) is 15.0. The molecule has 4 rings (SSSR count). The van der Waals surface area contributed by atoms with Gasteiger partial charge in [0.1, 0.15) is 0 Å². The van der Waals surface area contributed by atoms with Gasteiger partial charge in [0.2, 0.25) is 10.0 Å². The minimum absolute atomic E-state index is 0.207. The number of benzene rings is 2. The summed E-state index contributed by atoms with van der Waals surface area (Å²) in [6, 6.07) is 16.4. The van der Waals surface area contributed by atoms with Crippen LogP contribution in [0.4, 0.5) is 0 Å². The molecule has 3 aromatic rings. The smallest absolute Gasteiger partial charge is 0.214 e. The second-order valence-electron chi connectivity index (χ2n) is 7.12. The Hall–Kier alpha value is -2.11. The van der Waals surface area contributed by atoms with Gasteiger partial charge in [-0.15, -0.1) is 0 Å². The summed E-state index contributed by atoms with van der Waals surface area (Å²) >= 11 is 0. The fourth-order valence-electron chi connectivity index (χ4n) is 3.78. The van der Waals surface area contributed by atoms with Gasteiger partial charge in [0.25, 0.3) is 0 Å². The van der Waals surface area contributed by atoms with Crippen molar-refractivity contribution in [3.63, 3.8) is 0 Å². The summed E-state index contributed by atoms with van der Waals surface area (Å²) in [5, 5.41) is 1.15. The zero-order chi connectivity index (χ0) is 18.1. The molecule has 0 fully saturated rings. The monoisotopic (exact) mass is 368 g/mol. The Labute approximate surface area is 154 Å². The summed E-state index contributed by atoms with van der Waals surface area (Å²) in [4.78, 5) is 3.47. The maximum absolute atomic E-state index is 12.8. The molecule has 1 aromatic heterocycles. The molecule has 2 heterocycles. The Morgan fingerprint density at radius 3 is 2.73 bits per heavy atom. The molecule has 0 spiro atoms. The first-order chi connectivity index (χ1) is 12.5. The van der Waals surface area contributed by atoms with Crippen LogP contribution in [0, 0.1) is 6.92 Å². The molecule has 0 bridgehead atoms. The number of aromatic amines is 1. The Kier molecular flexibility index (Phi) is 4.59. The van der Waals surface area contributed by atoms with E-state index in [9.17, 15) is 8.42 Å². The van der Waals surface area contributed by atoms with E-state index in [1.54, 1.807) is 4.31 Å². The second-order valence-corrected chi connectivity index (χ2v) is 9.21. The van der Waals surface area contributed by atoms with Crippen LogP contribution in [0.25, 0.3) is 10.9 Å². The Balaban J connectivity index is 1.47. The van der Waals surface area contributed by atoms with Crippen LogP contribution in [0.15, 0.2) is 48.5 Å². The largest absolute Gasteiger partial charge is 0.358 e. The third-order valence-electron chi connectivity index (χ3n) is 5.20. The van der Waals surface area contributed by atoms with Gasteiger partial charge in [-0.1, -0.05) is 42.5 Å². The van der Waals surface area contributed by atoms with Crippen LogP contribution in [0.2, 0.25) is 0 Å². The van der Waals surface area contributed by atoms with Crippen LogP contribution in [0.5, 0.6) is 0 Å². The first kappa shape index (κ1) is 17.3. The third-order valence-corrected chi connectivity index (χ3v) is 7.10. The standard InChI is InChI=1S/C21H24N2O2S/c1-16-9-10-18-19-15-23(12-11-20(19)22-21(18)14-16)26(24,25)13-5-8-17-6-3-2-4-7-17/h2-4,6-7,9-10,14,22H,5,8,11-13,15H2,1H3. The average Bonchev–Trinajstić information content (AvgIpc) is 2.99. The average molecular weight is 369 g/mol. The van der Waals surface area contributed by atoms with Gasteiger partial charge in [0, 0.05) is 36.1 Å².